The Labute approximate surface area is 112 Å². The second kappa shape index (κ2) is 4.88. The largest absolute Gasteiger partial charge is 0.492 e. The molecule has 1 N–H and O–H groups in total. The van der Waals surface area contributed by atoms with Gasteiger partial charge in [0.1, 0.15) is 17.4 Å². The molecule has 0 fully saturated rings. The number of ether oxygens (including phenoxy) is 1. The molecule has 0 unspecified atom stereocenters. The third-order valence-electron chi connectivity index (χ3n) is 3.34. The molecule has 0 saturated carbocycles. The molecule has 19 heavy (non-hydrogen) atoms. The van der Waals surface area contributed by atoms with Crippen LogP contribution < -0.4 is 10.1 Å². The van der Waals surface area contributed by atoms with Crippen LogP contribution in [0.25, 0.3) is 11.3 Å². The van der Waals surface area contributed by atoms with Gasteiger partial charge in [-0.05, 0) is 11.6 Å². The van der Waals surface area contributed by atoms with Crippen LogP contribution in [0.3, 0.4) is 0 Å². The van der Waals surface area contributed by atoms with Crippen LogP contribution in [-0.4, -0.2) is 23.6 Å². The van der Waals surface area contributed by atoms with E-state index in [1.807, 2.05) is 13.1 Å². The van der Waals surface area contributed by atoms with E-state index >= 15 is 0 Å². The van der Waals surface area contributed by atoms with Crippen molar-refractivity contribution in [2.45, 2.75) is 19.8 Å². The maximum Gasteiger partial charge on any atom is 0.132 e. The maximum absolute atomic E-state index is 5.75. The van der Waals surface area contributed by atoms with Crippen LogP contribution in [-0.2, 0) is 12.8 Å². The first-order valence-corrected chi connectivity index (χ1v) is 6.62. The molecule has 98 valence electrons. The number of para-hydroxylation sites is 1. The zero-order chi connectivity index (χ0) is 13.2. The average molecular weight is 255 g/mol. The third kappa shape index (κ3) is 2.14. The lowest BCUT2D eigenvalue weighted by atomic mass is 10.1. The smallest absolute Gasteiger partial charge is 0.132 e. The average Bonchev–Trinajstić information content (AvgIpc) is 2.94. The normalized spacial score (nSPS) is 12.9. The number of nitrogens with zero attached hydrogens (tertiary/aromatic N) is 2. The van der Waals surface area contributed by atoms with Gasteiger partial charge < -0.3 is 10.1 Å². The van der Waals surface area contributed by atoms with E-state index in [1.54, 1.807) is 0 Å². The fourth-order valence-electron chi connectivity index (χ4n) is 2.34. The lowest BCUT2D eigenvalue weighted by molar-refractivity contribution is 0.358. The van der Waals surface area contributed by atoms with Gasteiger partial charge in [-0.1, -0.05) is 19.1 Å². The minimum atomic E-state index is 0.761. The molecule has 1 aliphatic heterocycles. The minimum Gasteiger partial charge on any atom is -0.492 e. The van der Waals surface area contributed by atoms with E-state index in [0.717, 1.165) is 48.1 Å². The Kier molecular flexibility index (Phi) is 3.07. The lowest BCUT2D eigenvalue weighted by Gasteiger charge is -2.10. The molecule has 0 atom stereocenters. The molecule has 0 radical (unpaired) electrons. The Morgan fingerprint density at radius 3 is 3.00 bits per heavy atom. The van der Waals surface area contributed by atoms with E-state index in [9.17, 15) is 0 Å². The molecule has 0 saturated heterocycles. The minimum absolute atomic E-state index is 0.761. The Morgan fingerprint density at radius 2 is 2.21 bits per heavy atom. The Balaban J connectivity index is 2.14. The van der Waals surface area contributed by atoms with E-state index < -0.39 is 0 Å². The summed E-state index contributed by atoms with van der Waals surface area (Å²) in [5.74, 6) is 2.67. The number of aryl methyl sites for hydroxylation is 1. The summed E-state index contributed by atoms with van der Waals surface area (Å²) >= 11 is 0. The summed E-state index contributed by atoms with van der Waals surface area (Å²) in [5, 5.41) is 3.09. The van der Waals surface area contributed by atoms with Gasteiger partial charge >= 0.3 is 0 Å². The van der Waals surface area contributed by atoms with E-state index in [2.05, 4.69) is 40.4 Å². The van der Waals surface area contributed by atoms with Crippen molar-refractivity contribution in [2.24, 2.45) is 0 Å². The highest BCUT2D eigenvalue weighted by Crippen LogP contribution is 2.36. The van der Waals surface area contributed by atoms with Crippen LogP contribution in [0.1, 0.15) is 18.3 Å². The molecule has 0 aliphatic carbocycles. The van der Waals surface area contributed by atoms with Gasteiger partial charge in [-0.25, -0.2) is 9.97 Å². The van der Waals surface area contributed by atoms with Crippen LogP contribution in [0.15, 0.2) is 24.3 Å². The monoisotopic (exact) mass is 255 g/mol. The summed E-state index contributed by atoms with van der Waals surface area (Å²) in [6.07, 6.45) is 1.80. The molecule has 2 aromatic rings. The van der Waals surface area contributed by atoms with E-state index in [4.69, 9.17) is 4.74 Å². The summed E-state index contributed by atoms with van der Waals surface area (Å²) in [5.41, 5.74) is 3.25. The molecule has 4 heteroatoms. The van der Waals surface area contributed by atoms with Gasteiger partial charge in [0.15, 0.2) is 0 Å². The highest BCUT2D eigenvalue weighted by molar-refractivity contribution is 5.71. The summed E-state index contributed by atoms with van der Waals surface area (Å²) in [6.45, 7) is 2.82. The highest BCUT2D eigenvalue weighted by atomic mass is 16.5. The molecule has 4 nitrogen and oxygen atoms in total. The summed E-state index contributed by atoms with van der Waals surface area (Å²) < 4.78 is 5.75. The first-order valence-electron chi connectivity index (χ1n) is 6.62. The zero-order valence-corrected chi connectivity index (χ0v) is 11.2. The second-order valence-electron chi connectivity index (χ2n) is 4.55. The van der Waals surface area contributed by atoms with Crippen molar-refractivity contribution in [1.29, 1.82) is 0 Å². The molecule has 0 amide bonds. The standard InChI is InChI=1S/C15H17N3O/c1-3-13-17-12(9-14(16-2)18-13)11-6-4-5-10-7-8-19-15(10)11/h4-6,9H,3,7-8H2,1-2H3,(H,16,17,18). The van der Waals surface area contributed by atoms with Crippen LogP contribution in [0.4, 0.5) is 5.82 Å². The molecular weight excluding hydrogens is 238 g/mol. The SMILES string of the molecule is CCc1nc(NC)cc(-c2cccc3c2OCC3)n1. The van der Waals surface area contributed by atoms with Gasteiger partial charge in [0.05, 0.1) is 12.3 Å². The second-order valence-corrected chi connectivity index (χ2v) is 4.55. The summed E-state index contributed by atoms with van der Waals surface area (Å²) in [6, 6.07) is 8.21. The molecule has 1 aromatic carbocycles. The van der Waals surface area contributed by atoms with Crippen molar-refractivity contribution in [3.05, 3.63) is 35.7 Å². The van der Waals surface area contributed by atoms with E-state index in [-0.39, 0.29) is 0 Å². The molecule has 0 spiro atoms. The van der Waals surface area contributed by atoms with Crippen molar-refractivity contribution >= 4 is 5.82 Å². The van der Waals surface area contributed by atoms with Crippen LogP contribution in [0.2, 0.25) is 0 Å². The number of benzene rings is 1. The van der Waals surface area contributed by atoms with Crippen molar-refractivity contribution in [1.82, 2.24) is 9.97 Å². The number of rotatable bonds is 3. The molecular formula is C15H17N3O. The van der Waals surface area contributed by atoms with Gasteiger partial charge in [-0.3, -0.25) is 0 Å². The number of hydrogen-bond donors (Lipinski definition) is 1. The van der Waals surface area contributed by atoms with Gasteiger partial charge in [0, 0.05) is 31.5 Å². The first-order chi connectivity index (χ1) is 9.31. The van der Waals surface area contributed by atoms with Crippen LogP contribution in [0, 0.1) is 0 Å². The number of fused-ring (bicyclic) bond motifs is 1. The predicted octanol–water partition coefficient (Wildman–Crippen LogP) is 2.68. The van der Waals surface area contributed by atoms with Gasteiger partial charge in [-0.2, -0.15) is 0 Å². The number of anilines is 1. The molecule has 0 bridgehead atoms. The number of aromatic nitrogens is 2. The van der Waals surface area contributed by atoms with Crippen molar-refractivity contribution in [2.75, 3.05) is 19.0 Å². The quantitative estimate of drug-likeness (QED) is 0.916. The fourth-order valence-corrected chi connectivity index (χ4v) is 2.34. The zero-order valence-electron chi connectivity index (χ0n) is 11.2. The number of nitrogens with one attached hydrogen (secondary N) is 1. The predicted molar refractivity (Wildman–Crippen MR) is 75.6 cm³/mol. The Hall–Kier alpha value is -2.10. The lowest BCUT2D eigenvalue weighted by Crippen LogP contribution is -2.01. The Bertz CT molecular complexity index is 588. The van der Waals surface area contributed by atoms with Crippen molar-refractivity contribution in [3.63, 3.8) is 0 Å². The molecule has 2 heterocycles. The topological polar surface area (TPSA) is 47.0 Å². The van der Waals surface area contributed by atoms with E-state index in [1.165, 1.54) is 5.56 Å². The van der Waals surface area contributed by atoms with Crippen LogP contribution >= 0.6 is 0 Å². The highest BCUT2D eigenvalue weighted by Gasteiger charge is 2.18. The molecule has 1 aromatic heterocycles. The van der Waals surface area contributed by atoms with Crippen molar-refractivity contribution < 1.29 is 4.74 Å². The Morgan fingerprint density at radius 1 is 1.32 bits per heavy atom. The summed E-state index contributed by atoms with van der Waals surface area (Å²) in [7, 11) is 1.87. The van der Waals surface area contributed by atoms with Crippen molar-refractivity contribution in [3.8, 4) is 17.0 Å². The molecule has 1 aliphatic rings. The van der Waals surface area contributed by atoms with E-state index in [0.29, 0.717) is 0 Å². The maximum atomic E-state index is 5.75. The van der Waals surface area contributed by atoms with Crippen LogP contribution in [0.5, 0.6) is 5.75 Å². The van der Waals surface area contributed by atoms with Gasteiger partial charge in [-0.15, -0.1) is 0 Å². The first kappa shape index (κ1) is 12.0. The van der Waals surface area contributed by atoms with Gasteiger partial charge in [0.2, 0.25) is 0 Å². The third-order valence-corrected chi connectivity index (χ3v) is 3.34. The number of hydrogen-bond acceptors (Lipinski definition) is 4. The van der Waals surface area contributed by atoms with Gasteiger partial charge in [0.25, 0.3) is 0 Å². The molecule has 3 rings (SSSR count). The fraction of sp³-hybridized carbons (Fsp3) is 0.333. The summed E-state index contributed by atoms with van der Waals surface area (Å²) in [4.78, 5) is 9.04.